The van der Waals surface area contributed by atoms with Gasteiger partial charge in [0.2, 0.25) is 0 Å². The minimum Gasteiger partial charge on any atom is -0.326 e. The Balaban J connectivity index is 1.25. The number of thioether (sulfide) groups is 1. The highest BCUT2D eigenvalue weighted by Gasteiger charge is 2.29. The van der Waals surface area contributed by atoms with Crippen molar-refractivity contribution in [2.45, 2.75) is 68.6 Å². The van der Waals surface area contributed by atoms with Gasteiger partial charge in [-0.1, -0.05) is 104 Å². The lowest BCUT2D eigenvalue weighted by Crippen LogP contribution is -3.10. The quantitative estimate of drug-likeness (QED) is 0.192. The molecule has 0 amide bonds. The predicted octanol–water partition coefficient (Wildman–Crippen LogP) is 6.55. The van der Waals surface area contributed by atoms with Crippen LogP contribution in [0.15, 0.2) is 82.7 Å². The molecule has 1 fully saturated rings. The first-order valence-corrected chi connectivity index (χ1v) is 16.1. The molecule has 0 bridgehead atoms. The van der Waals surface area contributed by atoms with Crippen LogP contribution in [-0.4, -0.2) is 16.1 Å². The van der Waals surface area contributed by atoms with Gasteiger partial charge in [0, 0.05) is 23.8 Å². The Kier molecular flexibility index (Phi) is 7.02. The average Bonchev–Trinajstić information content (AvgIpc) is 3.35. The Morgan fingerprint density at radius 2 is 1.74 bits per heavy atom. The summed E-state index contributed by atoms with van der Waals surface area (Å²) >= 11 is 3.50. The number of aromatic nitrogens is 2. The number of thiophene rings is 1. The predicted molar refractivity (Wildman–Crippen MR) is 163 cm³/mol. The third-order valence-corrected chi connectivity index (χ3v) is 10.6. The monoisotopic (exact) mass is 552 g/mol. The summed E-state index contributed by atoms with van der Waals surface area (Å²) in [6.07, 6.45) is 6.78. The number of hydrogen-bond donors (Lipinski definition) is 1. The van der Waals surface area contributed by atoms with Gasteiger partial charge in [0.25, 0.3) is 5.56 Å². The third-order valence-electron chi connectivity index (χ3n) is 8.52. The van der Waals surface area contributed by atoms with E-state index in [-0.39, 0.29) is 11.6 Å². The van der Waals surface area contributed by atoms with Gasteiger partial charge < -0.3 is 4.90 Å². The van der Waals surface area contributed by atoms with E-state index in [0.29, 0.717) is 0 Å². The van der Waals surface area contributed by atoms with Gasteiger partial charge in [0.15, 0.2) is 5.16 Å². The van der Waals surface area contributed by atoms with Gasteiger partial charge in [-0.05, 0) is 34.7 Å². The summed E-state index contributed by atoms with van der Waals surface area (Å²) in [4.78, 5) is 23.4. The molecule has 6 heteroatoms. The van der Waals surface area contributed by atoms with E-state index in [4.69, 9.17) is 4.98 Å². The number of nitrogens with zero attached hydrogens (tertiary/aromatic N) is 2. The molecule has 39 heavy (non-hydrogen) atoms. The number of benzene rings is 3. The second-order valence-electron chi connectivity index (χ2n) is 11.1. The van der Waals surface area contributed by atoms with Crippen molar-refractivity contribution in [3.8, 4) is 0 Å². The summed E-state index contributed by atoms with van der Waals surface area (Å²) in [6.45, 7) is 3.07. The molecule has 7 rings (SSSR count). The van der Waals surface area contributed by atoms with Crippen molar-refractivity contribution in [2.75, 3.05) is 6.54 Å². The van der Waals surface area contributed by atoms with Crippen LogP contribution >= 0.6 is 23.1 Å². The SMILES string of the molecule is O=c1c2c3c(sc2nc(SCc2cccc4ccccc24)n1C1CCCCC1)C[NH+](Cc1ccccc1)CC3. The fourth-order valence-corrected chi connectivity index (χ4v) is 8.93. The molecule has 1 atom stereocenters. The van der Waals surface area contributed by atoms with Gasteiger partial charge in [0.05, 0.1) is 16.8 Å². The molecule has 1 unspecified atom stereocenters. The van der Waals surface area contributed by atoms with Gasteiger partial charge in [-0.25, -0.2) is 4.98 Å². The molecule has 5 aromatic rings. The second-order valence-corrected chi connectivity index (χ2v) is 13.1. The number of hydrogen-bond acceptors (Lipinski definition) is 4. The Bertz CT molecular complexity index is 1680. The van der Waals surface area contributed by atoms with Gasteiger partial charge in [-0.15, -0.1) is 11.3 Å². The zero-order valence-corrected chi connectivity index (χ0v) is 23.8. The second kappa shape index (κ2) is 10.9. The smallest absolute Gasteiger partial charge is 0.263 e. The molecule has 0 saturated heterocycles. The van der Waals surface area contributed by atoms with Gasteiger partial charge in [-0.3, -0.25) is 9.36 Å². The lowest BCUT2D eigenvalue weighted by Gasteiger charge is -2.26. The Labute approximate surface area is 237 Å². The van der Waals surface area contributed by atoms with Crippen LogP contribution in [0.2, 0.25) is 0 Å². The van der Waals surface area contributed by atoms with E-state index >= 15 is 0 Å². The molecular formula is C33H34N3OS2+. The van der Waals surface area contributed by atoms with Crippen LogP contribution in [0.1, 0.15) is 59.7 Å². The van der Waals surface area contributed by atoms with Gasteiger partial charge in [0.1, 0.15) is 17.9 Å². The van der Waals surface area contributed by atoms with Crippen LogP contribution < -0.4 is 10.5 Å². The molecule has 198 valence electrons. The van der Waals surface area contributed by atoms with Crippen molar-refractivity contribution < 1.29 is 4.90 Å². The normalized spacial score (nSPS) is 18.0. The van der Waals surface area contributed by atoms with Crippen molar-refractivity contribution in [1.29, 1.82) is 0 Å². The summed E-state index contributed by atoms with van der Waals surface area (Å²) in [5.74, 6) is 0.812. The van der Waals surface area contributed by atoms with Crippen molar-refractivity contribution in [1.82, 2.24) is 9.55 Å². The van der Waals surface area contributed by atoms with Crippen molar-refractivity contribution in [3.05, 3.63) is 105 Å². The number of fused-ring (bicyclic) bond motifs is 4. The third kappa shape index (κ3) is 4.94. The number of nitrogens with one attached hydrogen (secondary N) is 1. The van der Waals surface area contributed by atoms with Gasteiger partial charge >= 0.3 is 0 Å². The Morgan fingerprint density at radius 3 is 2.62 bits per heavy atom. The maximum Gasteiger partial charge on any atom is 0.263 e. The maximum absolute atomic E-state index is 14.3. The molecule has 1 N–H and O–H groups in total. The van der Waals surface area contributed by atoms with Crippen LogP contribution in [0.25, 0.3) is 21.0 Å². The fourth-order valence-electron chi connectivity index (χ4n) is 6.53. The zero-order chi connectivity index (χ0) is 26.2. The van der Waals surface area contributed by atoms with Crippen LogP contribution in [0.3, 0.4) is 0 Å². The minimum absolute atomic E-state index is 0.205. The lowest BCUT2D eigenvalue weighted by molar-refractivity contribution is -0.929. The number of rotatable bonds is 6. The van der Waals surface area contributed by atoms with Crippen LogP contribution in [0.4, 0.5) is 0 Å². The molecular weight excluding hydrogens is 519 g/mol. The molecule has 1 aliphatic carbocycles. The minimum atomic E-state index is 0.205. The maximum atomic E-state index is 14.3. The fraction of sp³-hybridized carbons (Fsp3) is 0.333. The average molecular weight is 553 g/mol. The molecule has 1 saturated carbocycles. The van der Waals surface area contributed by atoms with Crippen LogP contribution in [-0.2, 0) is 25.3 Å². The summed E-state index contributed by atoms with van der Waals surface area (Å²) in [6, 6.07) is 26.1. The molecule has 3 aromatic carbocycles. The summed E-state index contributed by atoms with van der Waals surface area (Å²) < 4.78 is 2.10. The van der Waals surface area contributed by atoms with E-state index < -0.39 is 0 Å². The molecule has 2 aromatic heterocycles. The summed E-state index contributed by atoms with van der Waals surface area (Å²) in [5, 5.41) is 4.36. The zero-order valence-electron chi connectivity index (χ0n) is 22.2. The largest absolute Gasteiger partial charge is 0.326 e. The van der Waals surface area contributed by atoms with E-state index in [9.17, 15) is 4.79 Å². The van der Waals surface area contributed by atoms with E-state index in [1.165, 1.54) is 51.6 Å². The van der Waals surface area contributed by atoms with Crippen molar-refractivity contribution in [2.24, 2.45) is 0 Å². The molecule has 1 aliphatic heterocycles. The van der Waals surface area contributed by atoms with Gasteiger partial charge in [-0.2, -0.15) is 0 Å². The highest BCUT2D eigenvalue weighted by Crippen LogP contribution is 2.36. The first-order chi connectivity index (χ1) is 19.2. The number of quaternary nitrogens is 1. The molecule has 3 heterocycles. The topological polar surface area (TPSA) is 39.3 Å². The van der Waals surface area contributed by atoms with Crippen molar-refractivity contribution in [3.63, 3.8) is 0 Å². The molecule has 4 nitrogen and oxygen atoms in total. The highest BCUT2D eigenvalue weighted by atomic mass is 32.2. The summed E-state index contributed by atoms with van der Waals surface area (Å²) in [7, 11) is 0. The lowest BCUT2D eigenvalue weighted by atomic mass is 9.95. The Hall–Kier alpha value is -2.93. The summed E-state index contributed by atoms with van der Waals surface area (Å²) in [5.41, 5.74) is 4.16. The van der Waals surface area contributed by atoms with E-state index in [1.807, 2.05) is 0 Å². The van der Waals surface area contributed by atoms with E-state index in [1.54, 1.807) is 28.0 Å². The van der Waals surface area contributed by atoms with Crippen LogP contribution in [0, 0.1) is 0 Å². The molecule has 2 aliphatic rings. The first kappa shape index (κ1) is 25.1. The standard InChI is InChI=1S/C33H33N3OS2/c37-32-30-28-18-19-35(20-23-10-3-1-4-11-23)21-29(28)39-31(30)34-33(36(32)26-15-5-2-6-16-26)38-22-25-14-9-13-24-12-7-8-17-27(24)25/h1,3-4,7-14,17,26H,2,5-6,15-16,18-22H2/p+1. The van der Waals surface area contributed by atoms with Crippen LogP contribution in [0.5, 0.6) is 0 Å². The molecule has 0 radical (unpaired) electrons. The highest BCUT2D eigenvalue weighted by molar-refractivity contribution is 7.98. The van der Waals surface area contributed by atoms with Crippen molar-refractivity contribution >= 4 is 44.1 Å². The molecule has 0 spiro atoms. The Morgan fingerprint density at radius 1 is 0.949 bits per heavy atom. The van der Waals surface area contributed by atoms with E-state index in [0.717, 1.165) is 60.0 Å². The van der Waals surface area contributed by atoms with E-state index in [2.05, 4.69) is 77.4 Å². The first-order valence-electron chi connectivity index (χ1n) is 14.3.